The number of nitrogens with zero attached hydrogens (tertiary/aromatic N) is 3. The number of rotatable bonds is 13. The van der Waals surface area contributed by atoms with Gasteiger partial charge >= 0.3 is 5.69 Å². The predicted octanol–water partition coefficient (Wildman–Crippen LogP) is 2.56. The molecule has 8 N–H and O–H groups in total. The van der Waals surface area contributed by atoms with Gasteiger partial charge in [0.25, 0.3) is 0 Å². The summed E-state index contributed by atoms with van der Waals surface area (Å²) in [5.41, 5.74) is 19.8. The van der Waals surface area contributed by atoms with Gasteiger partial charge in [0, 0.05) is 36.3 Å². The van der Waals surface area contributed by atoms with Gasteiger partial charge in [-0.15, -0.1) is 0 Å². The standard InChI is InChI=1S/C28H35FN8O2/c1-39-25-15-23(29)22(13-19(25)5-2-3-10-30)24-14-20-17-37(28(38)36-26(20)35-24)21-8-6-18(7-9-21)16-33-11-4-12-34-27(31)32/h6-9,13-15,17,33H,2-5,10-12,16,30H2,1H3,(H4,31,32,34)(H,35,36,38). The van der Waals surface area contributed by atoms with Crippen molar-refractivity contribution in [1.82, 2.24) is 19.9 Å². The van der Waals surface area contributed by atoms with Crippen LogP contribution in [0.4, 0.5) is 4.39 Å². The highest BCUT2D eigenvalue weighted by atomic mass is 19.1. The summed E-state index contributed by atoms with van der Waals surface area (Å²) in [5, 5.41) is 4.03. The number of aliphatic imine (C=N–C) groups is 1. The fraction of sp³-hybridized carbons (Fsp3) is 0.321. The summed E-state index contributed by atoms with van der Waals surface area (Å²) in [6.45, 7) is 2.63. The molecule has 206 valence electrons. The van der Waals surface area contributed by atoms with Crippen molar-refractivity contribution in [2.75, 3.05) is 26.7 Å². The zero-order valence-electron chi connectivity index (χ0n) is 22.0. The van der Waals surface area contributed by atoms with Crippen LogP contribution in [-0.4, -0.2) is 47.2 Å². The fourth-order valence-electron chi connectivity index (χ4n) is 4.40. The second-order valence-electron chi connectivity index (χ2n) is 9.27. The third kappa shape index (κ3) is 7.01. The first-order valence-electron chi connectivity index (χ1n) is 12.9. The van der Waals surface area contributed by atoms with Crippen LogP contribution in [0.5, 0.6) is 5.75 Å². The van der Waals surface area contributed by atoms with Crippen molar-refractivity contribution in [3.05, 3.63) is 76.1 Å². The van der Waals surface area contributed by atoms with Gasteiger partial charge in [0.15, 0.2) is 5.96 Å². The van der Waals surface area contributed by atoms with Gasteiger partial charge in [-0.25, -0.2) is 9.18 Å². The number of unbranched alkanes of at least 4 members (excludes halogenated alkanes) is 1. The largest absolute Gasteiger partial charge is 0.496 e. The normalized spacial score (nSPS) is 11.2. The molecule has 0 radical (unpaired) electrons. The number of hydrogen-bond acceptors (Lipinski definition) is 6. The number of guanidine groups is 1. The van der Waals surface area contributed by atoms with Crippen LogP contribution in [0.15, 0.2) is 58.4 Å². The molecule has 0 saturated heterocycles. The quantitative estimate of drug-likeness (QED) is 0.1000. The Balaban J connectivity index is 1.52. The highest BCUT2D eigenvalue weighted by Gasteiger charge is 2.15. The van der Waals surface area contributed by atoms with E-state index in [0.29, 0.717) is 53.4 Å². The van der Waals surface area contributed by atoms with E-state index in [1.54, 1.807) is 18.3 Å². The summed E-state index contributed by atoms with van der Waals surface area (Å²) in [6.07, 6.45) is 5.01. The maximum Gasteiger partial charge on any atom is 0.354 e. The first-order valence-corrected chi connectivity index (χ1v) is 12.9. The van der Waals surface area contributed by atoms with Gasteiger partial charge in [-0.2, -0.15) is 4.98 Å². The molecule has 4 rings (SSSR count). The van der Waals surface area contributed by atoms with Crippen LogP contribution in [0, 0.1) is 5.82 Å². The molecule has 0 amide bonds. The average molecular weight is 535 g/mol. The number of nitrogens with two attached hydrogens (primary N) is 3. The van der Waals surface area contributed by atoms with Crippen LogP contribution in [0.25, 0.3) is 28.0 Å². The summed E-state index contributed by atoms with van der Waals surface area (Å²) >= 11 is 0. The molecule has 11 heteroatoms. The zero-order chi connectivity index (χ0) is 27.8. The van der Waals surface area contributed by atoms with E-state index in [1.165, 1.54) is 17.7 Å². The van der Waals surface area contributed by atoms with E-state index in [4.69, 9.17) is 21.9 Å². The number of ether oxygens (including phenoxy) is 1. The van der Waals surface area contributed by atoms with E-state index in [1.807, 2.05) is 24.3 Å². The molecule has 0 bridgehead atoms. The maximum atomic E-state index is 15.0. The van der Waals surface area contributed by atoms with E-state index < -0.39 is 11.5 Å². The Bertz CT molecular complexity index is 1490. The van der Waals surface area contributed by atoms with Crippen molar-refractivity contribution < 1.29 is 9.13 Å². The molecular formula is C28H35FN8O2. The van der Waals surface area contributed by atoms with Crippen molar-refractivity contribution in [3.8, 4) is 22.7 Å². The Kier molecular flexibility index (Phi) is 9.29. The number of nitrogens with one attached hydrogen (secondary N) is 2. The van der Waals surface area contributed by atoms with Crippen molar-refractivity contribution >= 4 is 17.0 Å². The summed E-state index contributed by atoms with van der Waals surface area (Å²) in [6, 6.07) is 12.6. The van der Waals surface area contributed by atoms with Crippen molar-refractivity contribution in [1.29, 1.82) is 0 Å². The van der Waals surface area contributed by atoms with Crippen LogP contribution in [0.3, 0.4) is 0 Å². The van der Waals surface area contributed by atoms with Crippen molar-refractivity contribution in [3.63, 3.8) is 0 Å². The van der Waals surface area contributed by atoms with Gasteiger partial charge in [-0.05, 0) is 74.2 Å². The molecule has 2 aromatic heterocycles. The molecule has 39 heavy (non-hydrogen) atoms. The lowest BCUT2D eigenvalue weighted by atomic mass is 10.0. The van der Waals surface area contributed by atoms with Gasteiger partial charge in [0.2, 0.25) is 0 Å². The van der Waals surface area contributed by atoms with E-state index >= 15 is 4.39 Å². The van der Waals surface area contributed by atoms with Crippen molar-refractivity contribution in [2.45, 2.75) is 32.2 Å². The molecule has 0 fully saturated rings. The molecule has 0 aliphatic rings. The van der Waals surface area contributed by atoms with Crippen LogP contribution in [0.1, 0.15) is 30.4 Å². The number of fused-ring (bicyclic) bond motifs is 1. The Morgan fingerprint density at radius 2 is 1.95 bits per heavy atom. The highest BCUT2D eigenvalue weighted by Crippen LogP contribution is 2.32. The van der Waals surface area contributed by atoms with E-state index in [2.05, 4.69) is 20.3 Å². The van der Waals surface area contributed by atoms with Crippen LogP contribution in [0.2, 0.25) is 0 Å². The van der Waals surface area contributed by atoms with E-state index in [9.17, 15) is 4.79 Å². The minimum absolute atomic E-state index is 0.0976. The highest BCUT2D eigenvalue weighted by molar-refractivity contribution is 5.83. The molecular weight excluding hydrogens is 499 g/mol. The number of aromatic nitrogens is 3. The van der Waals surface area contributed by atoms with Gasteiger partial charge < -0.3 is 32.2 Å². The minimum Gasteiger partial charge on any atom is -0.496 e. The first kappa shape index (κ1) is 27.8. The third-order valence-electron chi connectivity index (χ3n) is 6.42. The molecule has 10 nitrogen and oxygen atoms in total. The molecule has 0 spiro atoms. The topological polar surface area (TPSA) is 162 Å². The SMILES string of the molecule is COc1cc(F)c(-c2cc3cn(-c4ccc(CNCCCN=C(N)N)cc4)c(=O)nc3[nH]2)cc1CCCCN. The molecule has 0 unspecified atom stereocenters. The summed E-state index contributed by atoms with van der Waals surface area (Å²) in [4.78, 5) is 24.1. The molecule has 2 heterocycles. The number of aromatic amines is 1. The Labute approximate surface area is 226 Å². The molecule has 0 aliphatic carbocycles. The summed E-state index contributed by atoms with van der Waals surface area (Å²) in [7, 11) is 1.53. The summed E-state index contributed by atoms with van der Waals surface area (Å²) < 4.78 is 21.9. The number of benzene rings is 2. The molecule has 0 saturated carbocycles. The molecule has 4 aromatic rings. The lowest BCUT2D eigenvalue weighted by Crippen LogP contribution is -2.23. The minimum atomic E-state index is -0.431. The van der Waals surface area contributed by atoms with Gasteiger partial charge in [0.05, 0.1) is 18.5 Å². The Hall–Kier alpha value is -4.22. The lowest BCUT2D eigenvalue weighted by molar-refractivity contribution is 0.405. The smallest absolute Gasteiger partial charge is 0.354 e. The van der Waals surface area contributed by atoms with Crippen LogP contribution < -0.4 is 32.9 Å². The third-order valence-corrected chi connectivity index (χ3v) is 6.42. The summed E-state index contributed by atoms with van der Waals surface area (Å²) in [5.74, 6) is 0.184. The maximum absolute atomic E-state index is 15.0. The molecule has 0 atom stereocenters. The second kappa shape index (κ2) is 13.0. The second-order valence-corrected chi connectivity index (χ2v) is 9.27. The number of halogens is 1. The Morgan fingerprint density at radius 3 is 2.67 bits per heavy atom. The number of H-pyrrole nitrogens is 1. The first-order chi connectivity index (χ1) is 18.9. The van der Waals surface area contributed by atoms with Gasteiger partial charge in [-0.1, -0.05) is 12.1 Å². The van der Waals surface area contributed by atoms with E-state index in [0.717, 1.165) is 43.4 Å². The monoisotopic (exact) mass is 534 g/mol. The molecule has 2 aromatic carbocycles. The van der Waals surface area contributed by atoms with Gasteiger partial charge in [0.1, 0.15) is 17.2 Å². The zero-order valence-corrected chi connectivity index (χ0v) is 22.0. The molecule has 0 aliphatic heterocycles. The van der Waals surface area contributed by atoms with Crippen LogP contribution >= 0.6 is 0 Å². The Morgan fingerprint density at radius 1 is 1.15 bits per heavy atom. The number of aryl methyl sites for hydroxylation is 1. The lowest BCUT2D eigenvalue weighted by Gasteiger charge is -2.11. The predicted molar refractivity (Wildman–Crippen MR) is 153 cm³/mol. The van der Waals surface area contributed by atoms with Crippen LogP contribution in [-0.2, 0) is 13.0 Å². The van der Waals surface area contributed by atoms with Gasteiger partial charge in [-0.3, -0.25) is 9.56 Å². The van der Waals surface area contributed by atoms with E-state index in [-0.39, 0.29) is 5.96 Å². The average Bonchev–Trinajstić information content (AvgIpc) is 3.33. The number of hydrogen-bond donors (Lipinski definition) is 5. The number of methoxy groups -OCH3 is 1. The van der Waals surface area contributed by atoms with Crippen molar-refractivity contribution in [2.24, 2.45) is 22.2 Å². The fourth-order valence-corrected chi connectivity index (χ4v) is 4.40.